The van der Waals surface area contributed by atoms with Crippen molar-refractivity contribution in [1.29, 1.82) is 0 Å². The van der Waals surface area contributed by atoms with Gasteiger partial charge in [0.05, 0.1) is 0 Å². The lowest BCUT2D eigenvalue weighted by atomic mass is 10.1. The molecule has 0 aliphatic carbocycles. The molecule has 4 heteroatoms. The number of fused-ring (bicyclic) bond motifs is 1. The minimum atomic E-state index is -0.437. The molecule has 2 rings (SSSR count). The number of hydrogen-bond donors (Lipinski definition) is 0. The van der Waals surface area contributed by atoms with E-state index >= 15 is 0 Å². The Kier molecular flexibility index (Phi) is 2.96. The highest BCUT2D eigenvalue weighted by molar-refractivity contribution is 5.77. The van der Waals surface area contributed by atoms with Crippen molar-refractivity contribution in [3.63, 3.8) is 0 Å². The standard InChI is InChI=1S/C13H17NO3/c1-13(2,3)14(15)9-10-4-5-11-12(8-10)17-7-6-16-11/h4-5,8-9H,6-7H2,1-3H3/b14-9-. The number of hydrogen-bond acceptors (Lipinski definition) is 3. The zero-order valence-electron chi connectivity index (χ0n) is 10.4. The summed E-state index contributed by atoms with van der Waals surface area (Å²) in [6.07, 6.45) is 1.57. The van der Waals surface area contributed by atoms with E-state index in [0.717, 1.165) is 16.1 Å². The molecular formula is C13H17NO3. The second-order valence-corrected chi connectivity index (χ2v) is 5.03. The third kappa shape index (κ3) is 2.70. The molecular weight excluding hydrogens is 218 g/mol. The molecule has 0 aromatic heterocycles. The molecule has 0 amide bonds. The summed E-state index contributed by atoms with van der Waals surface area (Å²) in [4.78, 5) is 0. The van der Waals surface area contributed by atoms with E-state index in [-0.39, 0.29) is 0 Å². The summed E-state index contributed by atoms with van der Waals surface area (Å²) in [5.41, 5.74) is 0.381. The summed E-state index contributed by atoms with van der Waals surface area (Å²) in [6, 6.07) is 5.51. The summed E-state index contributed by atoms with van der Waals surface area (Å²) >= 11 is 0. The number of benzene rings is 1. The van der Waals surface area contributed by atoms with E-state index in [9.17, 15) is 5.21 Å². The highest BCUT2D eigenvalue weighted by Gasteiger charge is 2.19. The summed E-state index contributed by atoms with van der Waals surface area (Å²) in [5.74, 6) is 1.44. The van der Waals surface area contributed by atoms with Crippen LogP contribution in [0.3, 0.4) is 0 Å². The average Bonchev–Trinajstić information content (AvgIpc) is 2.27. The summed E-state index contributed by atoms with van der Waals surface area (Å²) in [6.45, 7) is 6.74. The van der Waals surface area contributed by atoms with Crippen LogP contribution in [0.2, 0.25) is 0 Å². The zero-order chi connectivity index (χ0) is 12.5. The lowest BCUT2D eigenvalue weighted by Crippen LogP contribution is -2.29. The number of nitrogens with zero attached hydrogens (tertiary/aromatic N) is 1. The van der Waals surface area contributed by atoms with Gasteiger partial charge in [-0.05, 0) is 18.2 Å². The Morgan fingerprint density at radius 1 is 1.18 bits per heavy atom. The molecule has 0 radical (unpaired) electrons. The monoisotopic (exact) mass is 235 g/mol. The van der Waals surface area contributed by atoms with E-state index in [4.69, 9.17) is 9.47 Å². The summed E-state index contributed by atoms with van der Waals surface area (Å²) in [5, 5.41) is 11.8. The van der Waals surface area contributed by atoms with Crippen LogP contribution >= 0.6 is 0 Å². The first kappa shape index (κ1) is 11.8. The first-order valence-corrected chi connectivity index (χ1v) is 5.68. The van der Waals surface area contributed by atoms with Gasteiger partial charge in [0.1, 0.15) is 13.2 Å². The third-order valence-electron chi connectivity index (χ3n) is 2.49. The Morgan fingerprint density at radius 3 is 2.47 bits per heavy atom. The molecule has 1 aliphatic heterocycles. The van der Waals surface area contributed by atoms with Crippen LogP contribution in [0, 0.1) is 5.21 Å². The van der Waals surface area contributed by atoms with Crippen molar-refractivity contribution in [3.8, 4) is 11.5 Å². The Bertz CT molecular complexity index is 446. The first-order valence-electron chi connectivity index (χ1n) is 5.68. The summed E-state index contributed by atoms with van der Waals surface area (Å²) in [7, 11) is 0. The molecule has 1 aliphatic rings. The van der Waals surface area contributed by atoms with Crippen molar-refractivity contribution in [1.82, 2.24) is 0 Å². The lowest BCUT2D eigenvalue weighted by molar-refractivity contribution is -0.530. The molecule has 0 saturated heterocycles. The highest BCUT2D eigenvalue weighted by Crippen LogP contribution is 2.30. The van der Waals surface area contributed by atoms with Gasteiger partial charge < -0.3 is 14.7 Å². The van der Waals surface area contributed by atoms with Crippen molar-refractivity contribution in [2.75, 3.05) is 13.2 Å². The normalized spacial score (nSPS) is 15.8. The van der Waals surface area contributed by atoms with E-state index in [0.29, 0.717) is 19.0 Å². The largest absolute Gasteiger partial charge is 0.623 e. The molecule has 0 N–H and O–H groups in total. The van der Waals surface area contributed by atoms with Gasteiger partial charge >= 0.3 is 0 Å². The van der Waals surface area contributed by atoms with Crippen LogP contribution in [0.4, 0.5) is 0 Å². The number of hydroxylamine groups is 1. The van der Waals surface area contributed by atoms with Crippen LogP contribution < -0.4 is 9.47 Å². The fourth-order valence-electron chi connectivity index (χ4n) is 1.47. The second-order valence-electron chi connectivity index (χ2n) is 5.03. The lowest BCUT2D eigenvalue weighted by Gasteiger charge is -2.20. The van der Waals surface area contributed by atoms with Crippen LogP contribution in [-0.2, 0) is 0 Å². The molecule has 0 atom stereocenters. The molecule has 92 valence electrons. The highest BCUT2D eigenvalue weighted by atomic mass is 16.6. The van der Waals surface area contributed by atoms with Gasteiger partial charge in [0.2, 0.25) is 0 Å². The van der Waals surface area contributed by atoms with Gasteiger partial charge in [0, 0.05) is 26.3 Å². The molecule has 1 heterocycles. The zero-order valence-corrected chi connectivity index (χ0v) is 10.4. The third-order valence-corrected chi connectivity index (χ3v) is 2.49. The van der Waals surface area contributed by atoms with Crippen LogP contribution in [0.15, 0.2) is 18.2 Å². The minimum absolute atomic E-state index is 0.437. The molecule has 1 aromatic rings. The maximum Gasteiger partial charge on any atom is 0.182 e. The topological polar surface area (TPSA) is 44.5 Å². The average molecular weight is 235 g/mol. The number of rotatable bonds is 1. The van der Waals surface area contributed by atoms with Crippen molar-refractivity contribution in [2.24, 2.45) is 0 Å². The van der Waals surface area contributed by atoms with E-state index < -0.39 is 5.54 Å². The van der Waals surface area contributed by atoms with Gasteiger partial charge in [0.25, 0.3) is 0 Å². The molecule has 1 aromatic carbocycles. The second kappa shape index (κ2) is 4.28. The molecule has 0 fully saturated rings. The quantitative estimate of drug-likeness (QED) is 0.324. The Balaban J connectivity index is 2.29. The Hall–Kier alpha value is -1.71. The Labute approximate surface area is 101 Å². The maximum atomic E-state index is 11.8. The molecule has 0 spiro atoms. The number of ether oxygens (including phenoxy) is 2. The predicted octanol–water partition coefficient (Wildman–Crippen LogP) is 2.19. The SMILES string of the molecule is CC(C)(C)/[N+]([O-])=C/c1ccc2c(c1)OCCO2. The van der Waals surface area contributed by atoms with Crippen molar-refractivity contribution >= 4 is 6.21 Å². The smallest absolute Gasteiger partial charge is 0.182 e. The van der Waals surface area contributed by atoms with Gasteiger partial charge in [0.15, 0.2) is 23.3 Å². The fourth-order valence-corrected chi connectivity index (χ4v) is 1.47. The van der Waals surface area contributed by atoms with Gasteiger partial charge in [-0.3, -0.25) is 0 Å². The van der Waals surface area contributed by atoms with Crippen molar-refractivity contribution < 1.29 is 14.2 Å². The van der Waals surface area contributed by atoms with Gasteiger partial charge in [-0.25, -0.2) is 4.74 Å². The predicted molar refractivity (Wildman–Crippen MR) is 66.0 cm³/mol. The van der Waals surface area contributed by atoms with Crippen LogP contribution in [-0.4, -0.2) is 29.7 Å². The van der Waals surface area contributed by atoms with Gasteiger partial charge in [-0.2, -0.15) is 0 Å². The van der Waals surface area contributed by atoms with Crippen molar-refractivity contribution in [2.45, 2.75) is 26.3 Å². The summed E-state index contributed by atoms with van der Waals surface area (Å²) < 4.78 is 11.8. The van der Waals surface area contributed by atoms with Gasteiger partial charge in [-0.15, -0.1) is 0 Å². The van der Waals surface area contributed by atoms with Crippen LogP contribution in [0.1, 0.15) is 26.3 Å². The van der Waals surface area contributed by atoms with Crippen LogP contribution in [0.5, 0.6) is 11.5 Å². The molecule has 0 saturated carbocycles. The molecule has 0 unspecified atom stereocenters. The maximum absolute atomic E-state index is 11.8. The molecule has 0 bridgehead atoms. The van der Waals surface area contributed by atoms with E-state index in [2.05, 4.69) is 0 Å². The Morgan fingerprint density at radius 2 is 1.82 bits per heavy atom. The van der Waals surface area contributed by atoms with Gasteiger partial charge in [-0.1, -0.05) is 0 Å². The molecule has 17 heavy (non-hydrogen) atoms. The van der Waals surface area contributed by atoms with E-state index in [1.165, 1.54) is 0 Å². The van der Waals surface area contributed by atoms with Crippen LogP contribution in [0.25, 0.3) is 0 Å². The molecule has 4 nitrogen and oxygen atoms in total. The minimum Gasteiger partial charge on any atom is -0.623 e. The first-order chi connectivity index (χ1) is 7.97. The van der Waals surface area contributed by atoms with Crippen molar-refractivity contribution in [3.05, 3.63) is 29.0 Å². The van der Waals surface area contributed by atoms with E-state index in [1.807, 2.05) is 39.0 Å². The fraction of sp³-hybridized carbons (Fsp3) is 0.462. The van der Waals surface area contributed by atoms with E-state index in [1.54, 1.807) is 6.21 Å².